The minimum Gasteiger partial charge on any atom is -0.493 e. The molecule has 1 aliphatic heterocycles. The van der Waals surface area contributed by atoms with Crippen molar-refractivity contribution in [2.24, 2.45) is 0 Å². The minimum absolute atomic E-state index is 0.196. The highest BCUT2D eigenvalue weighted by Crippen LogP contribution is 2.31. The first kappa shape index (κ1) is 18.3. The lowest BCUT2D eigenvalue weighted by atomic mass is 10.2. The number of thioether (sulfide) groups is 1. The summed E-state index contributed by atoms with van der Waals surface area (Å²) >= 11 is 6.15. The predicted octanol–water partition coefficient (Wildman–Crippen LogP) is 2.51. The quantitative estimate of drug-likeness (QED) is 0.470. The molecule has 1 N–H and O–H groups in total. The Balaban J connectivity index is 2.10. The van der Waals surface area contributed by atoms with Crippen molar-refractivity contribution in [3.8, 4) is 11.5 Å². The van der Waals surface area contributed by atoms with Crippen molar-refractivity contribution in [1.82, 2.24) is 5.32 Å². The van der Waals surface area contributed by atoms with Crippen molar-refractivity contribution in [2.75, 3.05) is 13.7 Å². The number of esters is 1. The van der Waals surface area contributed by atoms with Gasteiger partial charge in [0.15, 0.2) is 18.1 Å². The van der Waals surface area contributed by atoms with Crippen LogP contribution in [-0.4, -0.2) is 36.0 Å². The van der Waals surface area contributed by atoms with Crippen LogP contribution in [0.5, 0.6) is 11.5 Å². The van der Waals surface area contributed by atoms with Gasteiger partial charge >= 0.3 is 5.97 Å². The zero-order valence-corrected chi connectivity index (χ0v) is 15.1. The van der Waals surface area contributed by atoms with E-state index in [1.807, 2.05) is 0 Å². The van der Waals surface area contributed by atoms with E-state index in [2.05, 4.69) is 5.32 Å². The maximum absolute atomic E-state index is 11.7. The Morgan fingerprint density at radius 1 is 1.38 bits per heavy atom. The fourth-order valence-corrected chi connectivity index (χ4v) is 2.94. The second-order valence-electron chi connectivity index (χ2n) is 5.09. The molecule has 1 aromatic rings. The number of thiocarbonyl (C=S) groups is 1. The summed E-state index contributed by atoms with van der Waals surface area (Å²) in [4.78, 5) is 23.7. The lowest BCUT2D eigenvalue weighted by molar-refractivity contribution is -0.149. The molecule has 1 aliphatic rings. The van der Waals surface area contributed by atoms with E-state index in [4.69, 9.17) is 26.4 Å². The normalized spacial score (nSPS) is 15.6. The SMILES string of the molecule is COc1cc(/C=C2/SC(=S)NC2=O)ccc1OCC(=O)OC(C)C. The molecule has 0 atom stereocenters. The van der Waals surface area contributed by atoms with E-state index in [-0.39, 0.29) is 18.6 Å². The van der Waals surface area contributed by atoms with Crippen LogP contribution in [0.1, 0.15) is 19.4 Å². The maximum Gasteiger partial charge on any atom is 0.344 e. The van der Waals surface area contributed by atoms with Gasteiger partial charge in [0.05, 0.1) is 18.1 Å². The summed E-state index contributed by atoms with van der Waals surface area (Å²) in [7, 11) is 1.50. The molecule has 0 aromatic heterocycles. The van der Waals surface area contributed by atoms with E-state index in [0.29, 0.717) is 20.7 Å². The molecular weight excluding hydrogens is 350 g/mol. The van der Waals surface area contributed by atoms with E-state index in [1.165, 1.54) is 18.9 Å². The Hall–Kier alpha value is -2.06. The molecule has 8 heteroatoms. The van der Waals surface area contributed by atoms with Crippen molar-refractivity contribution < 1.29 is 23.8 Å². The number of carbonyl (C=O) groups excluding carboxylic acids is 2. The third-order valence-electron chi connectivity index (χ3n) is 2.84. The second-order valence-corrected chi connectivity index (χ2v) is 6.81. The molecule has 1 saturated heterocycles. The Morgan fingerprint density at radius 2 is 2.12 bits per heavy atom. The first-order chi connectivity index (χ1) is 11.4. The summed E-state index contributed by atoms with van der Waals surface area (Å²) in [6.45, 7) is 3.33. The van der Waals surface area contributed by atoms with Crippen molar-refractivity contribution >= 4 is 46.3 Å². The predicted molar refractivity (Wildman–Crippen MR) is 96.0 cm³/mol. The molecule has 0 saturated carbocycles. The number of methoxy groups -OCH3 is 1. The molecule has 2 rings (SSSR count). The summed E-state index contributed by atoms with van der Waals surface area (Å²) in [5, 5.41) is 2.56. The number of hydrogen-bond donors (Lipinski definition) is 1. The Bertz CT molecular complexity index is 700. The van der Waals surface area contributed by atoms with Gasteiger partial charge in [-0.2, -0.15) is 0 Å². The minimum atomic E-state index is -0.453. The maximum atomic E-state index is 11.7. The summed E-state index contributed by atoms with van der Waals surface area (Å²) in [5.74, 6) is 0.193. The number of benzene rings is 1. The molecule has 128 valence electrons. The van der Waals surface area contributed by atoms with Gasteiger partial charge in [0.25, 0.3) is 5.91 Å². The average Bonchev–Trinajstić information content (AvgIpc) is 2.82. The number of rotatable bonds is 6. The van der Waals surface area contributed by atoms with Crippen LogP contribution in [0.4, 0.5) is 0 Å². The molecular formula is C16H17NO5S2. The number of hydrogen-bond acceptors (Lipinski definition) is 7. The summed E-state index contributed by atoms with van der Waals surface area (Å²) in [5.41, 5.74) is 0.756. The van der Waals surface area contributed by atoms with Crippen LogP contribution in [-0.2, 0) is 14.3 Å². The Kier molecular flexibility index (Phi) is 6.22. The van der Waals surface area contributed by atoms with Crippen molar-refractivity contribution in [3.05, 3.63) is 28.7 Å². The fourth-order valence-electron chi connectivity index (χ4n) is 1.90. The average molecular weight is 367 g/mol. The Labute approximate surface area is 149 Å². The van der Waals surface area contributed by atoms with Crippen LogP contribution in [0.2, 0.25) is 0 Å². The molecule has 1 heterocycles. The smallest absolute Gasteiger partial charge is 0.344 e. The molecule has 0 unspecified atom stereocenters. The van der Waals surface area contributed by atoms with E-state index < -0.39 is 5.97 Å². The van der Waals surface area contributed by atoms with Gasteiger partial charge in [-0.15, -0.1) is 0 Å². The van der Waals surface area contributed by atoms with Gasteiger partial charge in [-0.25, -0.2) is 4.79 Å². The third kappa shape index (κ3) is 4.97. The van der Waals surface area contributed by atoms with Gasteiger partial charge in [0.2, 0.25) is 0 Å². The van der Waals surface area contributed by atoms with Crippen molar-refractivity contribution in [3.63, 3.8) is 0 Å². The third-order valence-corrected chi connectivity index (χ3v) is 4.00. The van der Waals surface area contributed by atoms with Crippen LogP contribution in [0.25, 0.3) is 6.08 Å². The number of amides is 1. The molecule has 1 aromatic carbocycles. The molecule has 1 fully saturated rings. The van der Waals surface area contributed by atoms with Crippen LogP contribution >= 0.6 is 24.0 Å². The van der Waals surface area contributed by atoms with E-state index >= 15 is 0 Å². The lowest BCUT2D eigenvalue weighted by Gasteiger charge is -2.12. The van der Waals surface area contributed by atoms with Crippen LogP contribution in [0.15, 0.2) is 23.1 Å². The summed E-state index contributed by atoms with van der Waals surface area (Å²) in [6, 6.07) is 5.14. The van der Waals surface area contributed by atoms with Crippen LogP contribution in [0.3, 0.4) is 0 Å². The largest absolute Gasteiger partial charge is 0.493 e. The van der Waals surface area contributed by atoms with E-state index in [9.17, 15) is 9.59 Å². The second kappa shape index (κ2) is 8.16. The number of ether oxygens (including phenoxy) is 3. The van der Waals surface area contributed by atoms with Crippen molar-refractivity contribution in [1.29, 1.82) is 0 Å². The first-order valence-corrected chi connectivity index (χ1v) is 8.36. The van der Waals surface area contributed by atoms with Gasteiger partial charge in [-0.1, -0.05) is 30.0 Å². The molecule has 0 bridgehead atoms. The highest BCUT2D eigenvalue weighted by Gasteiger charge is 2.22. The fraction of sp³-hybridized carbons (Fsp3) is 0.312. The van der Waals surface area contributed by atoms with Gasteiger partial charge < -0.3 is 19.5 Å². The summed E-state index contributed by atoms with van der Waals surface area (Å²) in [6.07, 6.45) is 1.51. The zero-order chi connectivity index (χ0) is 17.7. The molecule has 0 radical (unpaired) electrons. The molecule has 0 spiro atoms. The Morgan fingerprint density at radius 3 is 2.71 bits per heavy atom. The molecule has 0 aliphatic carbocycles. The molecule has 6 nitrogen and oxygen atoms in total. The molecule has 1 amide bonds. The highest BCUT2D eigenvalue weighted by atomic mass is 32.2. The van der Waals surface area contributed by atoms with Gasteiger partial charge in [0.1, 0.15) is 4.32 Å². The summed E-state index contributed by atoms with van der Waals surface area (Å²) < 4.78 is 16.1. The van der Waals surface area contributed by atoms with Crippen molar-refractivity contribution in [2.45, 2.75) is 20.0 Å². The van der Waals surface area contributed by atoms with Crippen LogP contribution in [0, 0.1) is 0 Å². The van der Waals surface area contributed by atoms with Gasteiger partial charge in [-0.05, 0) is 37.6 Å². The van der Waals surface area contributed by atoms with Crippen LogP contribution < -0.4 is 14.8 Å². The first-order valence-electron chi connectivity index (χ1n) is 7.14. The van der Waals surface area contributed by atoms with Gasteiger partial charge in [0, 0.05) is 0 Å². The molecule has 24 heavy (non-hydrogen) atoms. The van der Waals surface area contributed by atoms with E-state index in [1.54, 1.807) is 38.1 Å². The zero-order valence-electron chi connectivity index (χ0n) is 13.5. The lowest BCUT2D eigenvalue weighted by Crippen LogP contribution is -2.18. The monoisotopic (exact) mass is 367 g/mol. The van der Waals surface area contributed by atoms with E-state index in [0.717, 1.165) is 5.56 Å². The number of nitrogens with one attached hydrogen (secondary N) is 1. The topological polar surface area (TPSA) is 73.9 Å². The number of carbonyl (C=O) groups is 2. The standard InChI is InChI=1S/C16H17NO5S2/c1-9(2)22-14(18)8-21-11-5-4-10(6-12(11)20-3)7-13-15(19)17-16(23)24-13/h4-7,9H,8H2,1-3H3,(H,17,19,23)/b13-7+. The van der Waals surface area contributed by atoms with Gasteiger partial charge in [-0.3, -0.25) is 4.79 Å². The highest BCUT2D eigenvalue weighted by molar-refractivity contribution is 8.26.